The second-order valence-electron chi connectivity index (χ2n) is 4.86. The molecule has 0 fully saturated rings. The SMILES string of the molecule is Cc1csc(CN(C)CC(O)COc2ccccc2)n1. The van der Waals surface area contributed by atoms with E-state index in [4.69, 9.17) is 4.74 Å². The summed E-state index contributed by atoms with van der Waals surface area (Å²) in [5.41, 5.74) is 1.05. The Labute approximate surface area is 123 Å². The molecule has 2 rings (SSSR count). The Morgan fingerprint density at radius 3 is 2.75 bits per heavy atom. The third kappa shape index (κ3) is 4.92. The fourth-order valence-corrected chi connectivity index (χ4v) is 2.74. The minimum atomic E-state index is -0.513. The molecule has 0 amide bonds. The lowest BCUT2D eigenvalue weighted by molar-refractivity contribution is 0.0743. The molecule has 0 spiro atoms. The number of hydrogen-bond donors (Lipinski definition) is 1. The van der Waals surface area contributed by atoms with E-state index in [9.17, 15) is 5.11 Å². The van der Waals surface area contributed by atoms with Crippen molar-refractivity contribution in [3.8, 4) is 5.75 Å². The fourth-order valence-electron chi connectivity index (χ4n) is 1.89. The molecule has 20 heavy (non-hydrogen) atoms. The number of likely N-dealkylation sites (N-methyl/N-ethyl adjacent to an activating group) is 1. The summed E-state index contributed by atoms with van der Waals surface area (Å²) in [6.07, 6.45) is -0.513. The first kappa shape index (κ1) is 15.0. The first-order chi connectivity index (χ1) is 9.63. The lowest BCUT2D eigenvalue weighted by atomic mass is 10.3. The molecule has 0 saturated heterocycles. The number of aromatic nitrogens is 1. The van der Waals surface area contributed by atoms with Crippen LogP contribution in [0.5, 0.6) is 5.75 Å². The van der Waals surface area contributed by atoms with Gasteiger partial charge in [0, 0.05) is 17.6 Å². The normalized spacial score (nSPS) is 12.6. The highest BCUT2D eigenvalue weighted by atomic mass is 32.1. The minimum Gasteiger partial charge on any atom is -0.491 e. The highest BCUT2D eigenvalue weighted by molar-refractivity contribution is 7.09. The Kier molecular flexibility index (Phi) is 5.52. The van der Waals surface area contributed by atoms with Gasteiger partial charge in [-0.25, -0.2) is 4.98 Å². The molecule has 108 valence electrons. The third-order valence-electron chi connectivity index (χ3n) is 2.78. The van der Waals surface area contributed by atoms with Gasteiger partial charge in [-0.15, -0.1) is 11.3 Å². The molecular formula is C15H20N2O2S. The van der Waals surface area contributed by atoms with Gasteiger partial charge in [0.15, 0.2) is 0 Å². The second-order valence-corrected chi connectivity index (χ2v) is 5.80. The van der Waals surface area contributed by atoms with Crippen molar-refractivity contribution in [2.24, 2.45) is 0 Å². The van der Waals surface area contributed by atoms with E-state index in [2.05, 4.69) is 9.88 Å². The van der Waals surface area contributed by atoms with Gasteiger partial charge in [-0.1, -0.05) is 18.2 Å². The van der Waals surface area contributed by atoms with Crippen molar-refractivity contribution in [2.45, 2.75) is 19.6 Å². The van der Waals surface area contributed by atoms with Crippen LogP contribution in [0.2, 0.25) is 0 Å². The van der Waals surface area contributed by atoms with Gasteiger partial charge in [-0.2, -0.15) is 0 Å². The zero-order valence-corrected chi connectivity index (χ0v) is 12.6. The number of ether oxygens (including phenoxy) is 1. The van der Waals surface area contributed by atoms with Gasteiger partial charge in [-0.3, -0.25) is 4.90 Å². The maximum atomic E-state index is 9.98. The average molecular weight is 292 g/mol. The summed E-state index contributed by atoms with van der Waals surface area (Å²) in [4.78, 5) is 6.47. The second kappa shape index (κ2) is 7.38. The number of thiazole rings is 1. The lowest BCUT2D eigenvalue weighted by Gasteiger charge is -2.19. The molecule has 1 atom stereocenters. The number of aliphatic hydroxyl groups excluding tert-OH is 1. The Bertz CT molecular complexity index is 516. The molecule has 0 radical (unpaired) electrons. The van der Waals surface area contributed by atoms with Crippen molar-refractivity contribution in [1.82, 2.24) is 9.88 Å². The Hall–Kier alpha value is -1.43. The molecule has 0 saturated carbocycles. The molecule has 0 aliphatic rings. The number of nitrogens with zero attached hydrogens (tertiary/aromatic N) is 2. The number of para-hydroxylation sites is 1. The maximum absolute atomic E-state index is 9.98. The summed E-state index contributed by atoms with van der Waals surface area (Å²) in [6.45, 7) is 3.60. The van der Waals surface area contributed by atoms with E-state index in [1.54, 1.807) is 11.3 Å². The Morgan fingerprint density at radius 1 is 1.35 bits per heavy atom. The van der Waals surface area contributed by atoms with E-state index in [1.165, 1.54) is 0 Å². The number of aliphatic hydroxyl groups is 1. The highest BCUT2D eigenvalue weighted by Crippen LogP contribution is 2.12. The van der Waals surface area contributed by atoms with Crippen LogP contribution < -0.4 is 4.74 Å². The molecule has 1 aromatic carbocycles. The van der Waals surface area contributed by atoms with E-state index in [0.29, 0.717) is 13.2 Å². The van der Waals surface area contributed by atoms with Crippen LogP contribution >= 0.6 is 11.3 Å². The third-order valence-corrected chi connectivity index (χ3v) is 3.73. The molecule has 0 aliphatic carbocycles. The molecule has 1 aromatic heterocycles. The first-order valence-electron chi connectivity index (χ1n) is 6.59. The van der Waals surface area contributed by atoms with Gasteiger partial charge in [-0.05, 0) is 26.1 Å². The molecule has 1 heterocycles. The lowest BCUT2D eigenvalue weighted by Crippen LogP contribution is -2.32. The minimum absolute atomic E-state index is 0.297. The summed E-state index contributed by atoms with van der Waals surface area (Å²) in [6, 6.07) is 9.54. The molecule has 0 bridgehead atoms. The van der Waals surface area contributed by atoms with Crippen LogP contribution in [0.15, 0.2) is 35.7 Å². The topological polar surface area (TPSA) is 45.6 Å². The van der Waals surface area contributed by atoms with Crippen LogP contribution in [0.3, 0.4) is 0 Å². The molecule has 1 unspecified atom stereocenters. The predicted octanol–water partition coefficient (Wildman–Crippen LogP) is 2.32. The van der Waals surface area contributed by atoms with E-state index >= 15 is 0 Å². The van der Waals surface area contributed by atoms with Gasteiger partial charge in [0.05, 0.1) is 6.54 Å². The van der Waals surface area contributed by atoms with E-state index in [-0.39, 0.29) is 0 Å². The van der Waals surface area contributed by atoms with Gasteiger partial charge in [0.2, 0.25) is 0 Å². The summed E-state index contributed by atoms with van der Waals surface area (Å²) in [5.74, 6) is 0.782. The standard InChI is InChI=1S/C15H20N2O2S/c1-12-11-20-15(16-12)9-17(2)8-13(18)10-19-14-6-4-3-5-7-14/h3-7,11,13,18H,8-10H2,1-2H3. The fraction of sp³-hybridized carbons (Fsp3) is 0.400. The smallest absolute Gasteiger partial charge is 0.119 e. The Balaban J connectivity index is 1.72. The van der Waals surface area contributed by atoms with Crippen molar-refractivity contribution < 1.29 is 9.84 Å². The highest BCUT2D eigenvalue weighted by Gasteiger charge is 2.11. The molecule has 5 heteroatoms. The molecule has 2 aromatic rings. The van der Waals surface area contributed by atoms with Crippen LogP contribution in [0.25, 0.3) is 0 Å². The molecule has 4 nitrogen and oxygen atoms in total. The van der Waals surface area contributed by atoms with Crippen LogP contribution in [0.4, 0.5) is 0 Å². The Morgan fingerprint density at radius 2 is 2.10 bits per heavy atom. The predicted molar refractivity (Wildman–Crippen MR) is 81.1 cm³/mol. The number of hydrogen-bond acceptors (Lipinski definition) is 5. The van der Waals surface area contributed by atoms with E-state index < -0.39 is 6.10 Å². The van der Waals surface area contributed by atoms with Crippen LogP contribution in [-0.4, -0.2) is 41.3 Å². The zero-order chi connectivity index (χ0) is 14.4. The largest absolute Gasteiger partial charge is 0.491 e. The quantitative estimate of drug-likeness (QED) is 0.851. The summed E-state index contributed by atoms with van der Waals surface area (Å²) in [5, 5.41) is 13.1. The van der Waals surface area contributed by atoms with Crippen LogP contribution in [-0.2, 0) is 6.54 Å². The molecular weight excluding hydrogens is 272 g/mol. The van der Waals surface area contributed by atoms with Gasteiger partial charge in [0.25, 0.3) is 0 Å². The summed E-state index contributed by atoms with van der Waals surface area (Å²) < 4.78 is 5.53. The van der Waals surface area contributed by atoms with Crippen molar-refractivity contribution in [3.05, 3.63) is 46.4 Å². The summed E-state index contributed by atoms with van der Waals surface area (Å²) >= 11 is 1.65. The average Bonchev–Trinajstić information content (AvgIpc) is 2.83. The molecule has 0 aliphatic heterocycles. The maximum Gasteiger partial charge on any atom is 0.119 e. The number of aryl methyl sites for hydroxylation is 1. The number of rotatable bonds is 7. The van der Waals surface area contributed by atoms with Crippen molar-refractivity contribution >= 4 is 11.3 Å². The van der Waals surface area contributed by atoms with Crippen LogP contribution in [0, 0.1) is 6.92 Å². The van der Waals surface area contributed by atoms with Crippen LogP contribution in [0.1, 0.15) is 10.7 Å². The zero-order valence-electron chi connectivity index (χ0n) is 11.8. The van der Waals surface area contributed by atoms with Gasteiger partial charge in [0.1, 0.15) is 23.5 Å². The summed E-state index contributed by atoms with van der Waals surface area (Å²) in [7, 11) is 1.97. The van der Waals surface area contributed by atoms with Crippen molar-refractivity contribution in [3.63, 3.8) is 0 Å². The van der Waals surface area contributed by atoms with Crippen molar-refractivity contribution in [1.29, 1.82) is 0 Å². The molecule has 1 N–H and O–H groups in total. The van der Waals surface area contributed by atoms with Gasteiger partial charge >= 0.3 is 0 Å². The number of benzene rings is 1. The van der Waals surface area contributed by atoms with Gasteiger partial charge < -0.3 is 9.84 Å². The van der Waals surface area contributed by atoms with Crippen molar-refractivity contribution in [2.75, 3.05) is 20.2 Å². The van der Waals surface area contributed by atoms with E-state index in [0.717, 1.165) is 23.0 Å². The first-order valence-corrected chi connectivity index (χ1v) is 7.47. The monoisotopic (exact) mass is 292 g/mol. The van der Waals surface area contributed by atoms with E-state index in [1.807, 2.05) is 49.7 Å².